The first kappa shape index (κ1) is 24.7. The first-order chi connectivity index (χ1) is 16.8. The van der Waals surface area contributed by atoms with Crippen LogP contribution in [0.25, 0.3) is 0 Å². The van der Waals surface area contributed by atoms with E-state index in [1.54, 1.807) is 0 Å². The molecule has 8 nitrogen and oxygen atoms in total. The molecule has 0 radical (unpaired) electrons. The Labute approximate surface area is 204 Å². The molecule has 2 aromatic carbocycles. The molecule has 2 aliphatic rings. The van der Waals surface area contributed by atoms with Gasteiger partial charge in [0.1, 0.15) is 6.34 Å². The number of aliphatic hydroxyl groups is 1. The number of aliphatic hydroxyl groups excluding tert-OH is 1. The highest BCUT2D eigenvalue weighted by Gasteiger charge is 2.26. The van der Waals surface area contributed by atoms with E-state index < -0.39 is 21.4 Å². The van der Waals surface area contributed by atoms with Crippen molar-refractivity contribution in [2.45, 2.75) is 31.3 Å². The van der Waals surface area contributed by atoms with Crippen molar-refractivity contribution in [1.82, 2.24) is 5.32 Å². The lowest BCUT2D eigenvalue weighted by Crippen LogP contribution is -2.29. The van der Waals surface area contributed by atoms with Crippen LogP contribution in [0.5, 0.6) is 0 Å². The summed E-state index contributed by atoms with van der Waals surface area (Å²) in [6.45, 7) is 0.479. The summed E-state index contributed by atoms with van der Waals surface area (Å²) in [7, 11) is -2.39. The summed E-state index contributed by atoms with van der Waals surface area (Å²) in [5.74, 6) is 5.23. The molecule has 9 heteroatoms. The molecule has 0 aromatic heterocycles. The lowest BCUT2D eigenvalue weighted by molar-refractivity contribution is -0.132. The number of amides is 1. The highest BCUT2D eigenvalue weighted by molar-refractivity contribution is 7.92. The summed E-state index contributed by atoms with van der Waals surface area (Å²) in [5, 5.41) is 13.2. The van der Waals surface area contributed by atoms with Crippen LogP contribution in [0.2, 0.25) is 0 Å². The van der Waals surface area contributed by atoms with Crippen molar-refractivity contribution in [2.75, 3.05) is 18.1 Å². The van der Waals surface area contributed by atoms with E-state index in [1.165, 1.54) is 0 Å². The molecule has 35 heavy (non-hydrogen) atoms. The fourth-order valence-corrected chi connectivity index (χ4v) is 5.76. The molecule has 180 valence electrons. The molecule has 0 spiro atoms. The molecule has 0 aliphatic carbocycles. The van der Waals surface area contributed by atoms with E-state index in [0.29, 0.717) is 18.1 Å². The zero-order chi connectivity index (χ0) is 24.8. The summed E-state index contributed by atoms with van der Waals surface area (Å²) < 4.78 is 19.5. The lowest BCUT2D eigenvalue weighted by atomic mass is 9.92. The number of aliphatic imine (C=N–C) groups is 2. The lowest BCUT2D eigenvalue weighted by Gasteiger charge is -2.15. The van der Waals surface area contributed by atoms with Gasteiger partial charge in [0, 0.05) is 57.3 Å². The molecule has 3 N–H and O–H groups in total. The van der Waals surface area contributed by atoms with E-state index in [-0.39, 0.29) is 30.7 Å². The van der Waals surface area contributed by atoms with Crippen molar-refractivity contribution in [3.8, 4) is 11.8 Å². The highest BCUT2D eigenvalue weighted by atomic mass is 32.2. The van der Waals surface area contributed by atoms with Crippen LogP contribution in [0.1, 0.15) is 41.0 Å². The van der Waals surface area contributed by atoms with E-state index in [4.69, 9.17) is 4.78 Å². The second kappa shape index (κ2) is 10.9. The Morgan fingerprint density at radius 3 is 2.34 bits per heavy atom. The molecule has 3 atom stereocenters. The zero-order valence-corrected chi connectivity index (χ0v) is 19.9. The van der Waals surface area contributed by atoms with Crippen LogP contribution in [-0.4, -0.2) is 57.2 Å². The van der Waals surface area contributed by atoms with Crippen molar-refractivity contribution in [1.29, 1.82) is 4.78 Å². The number of carbonyl (C=O) groups is 2. The summed E-state index contributed by atoms with van der Waals surface area (Å²) in [6.07, 6.45) is 2.01. The summed E-state index contributed by atoms with van der Waals surface area (Å²) >= 11 is 0. The first-order valence-corrected chi connectivity index (χ1v) is 13.2. The molecule has 3 unspecified atom stereocenters. The Bertz CT molecular complexity index is 1330. The third-order valence-electron chi connectivity index (χ3n) is 6.05. The van der Waals surface area contributed by atoms with Crippen LogP contribution >= 0.6 is 0 Å². The van der Waals surface area contributed by atoms with Crippen molar-refractivity contribution in [3.63, 3.8) is 0 Å². The Balaban J connectivity index is 1.34. The number of ketones is 1. The predicted octanol–water partition coefficient (Wildman–Crippen LogP) is 2.04. The highest BCUT2D eigenvalue weighted by Crippen LogP contribution is 2.21. The quantitative estimate of drug-likeness (QED) is 0.404. The number of nitrogens with zero attached hydrogens (tertiary/aromatic N) is 2. The van der Waals surface area contributed by atoms with Gasteiger partial charge >= 0.3 is 5.91 Å². The first-order valence-electron chi connectivity index (χ1n) is 11.3. The van der Waals surface area contributed by atoms with Crippen LogP contribution in [0.3, 0.4) is 0 Å². The van der Waals surface area contributed by atoms with Gasteiger partial charge < -0.3 is 10.4 Å². The largest absolute Gasteiger partial charge is 0.396 e. The van der Waals surface area contributed by atoms with Gasteiger partial charge in [-0.15, -0.1) is 0 Å². The molecule has 4 rings (SSSR count). The molecule has 1 fully saturated rings. The number of nitrogens with one attached hydrogen (secondary N) is 2. The average Bonchev–Trinajstić information content (AvgIpc) is 3.22. The molecule has 2 aliphatic heterocycles. The predicted molar refractivity (Wildman–Crippen MR) is 135 cm³/mol. The van der Waals surface area contributed by atoms with Crippen LogP contribution in [0.4, 0.5) is 0 Å². The van der Waals surface area contributed by atoms with Crippen LogP contribution < -0.4 is 5.32 Å². The minimum Gasteiger partial charge on any atom is -0.396 e. The molecule has 2 aromatic rings. The maximum atomic E-state index is 11.9. The maximum absolute atomic E-state index is 11.9. The number of benzene rings is 2. The van der Waals surface area contributed by atoms with Crippen LogP contribution in [0, 0.1) is 16.6 Å². The number of rotatable bonds is 7. The van der Waals surface area contributed by atoms with Gasteiger partial charge in [-0.3, -0.25) is 14.4 Å². The molecule has 2 heterocycles. The van der Waals surface area contributed by atoms with E-state index >= 15 is 0 Å². The van der Waals surface area contributed by atoms with Crippen molar-refractivity contribution in [2.24, 2.45) is 9.98 Å². The van der Waals surface area contributed by atoms with Gasteiger partial charge in [-0.1, -0.05) is 36.1 Å². The van der Waals surface area contributed by atoms with E-state index in [0.717, 1.165) is 35.0 Å². The molecule has 1 amide bonds. The minimum atomic E-state index is -2.39. The second-order valence-electron chi connectivity index (χ2n) is 8.66. The minimum absolute atomic E-state index is 0.103. The third kappa shape index (κ3) is 6.57. The van der Waals surface area contributed by atoms with Gasteiger partial charge in [-0.25, -0.2) is 9.20 Å². The van der Waals surface area contributed by atoms with Gasteiger partial charge in [-0.05, 0) is 41.8 Å². The summed E-state index contributed by atoms with van der Waals surface area (Å²) in [6, 6.07) is 15.5. The van der Waals surface area contributed by atoms with Crippen LogP contribution in [-0.2, 0) is 25.9 Å². The fraction of sp³-hybridized carbons (Fsp3) is 0.308. The number of hydrogen-bond donors (Lipinski definition) is 3. The Hall–Kier alpha value is -3.45. The summed E-state index contributed by atoms with van der Waals surface area (Å²) in [4.78, 5) is 30.6. The SMILES string of the molecule is N=S1(=O)CCC(NCc2ccc(C#Cc3ccc(C(CO)CC4=NC=NC(=O)C4=O)cc3)cc2)C1. The van der Waals surface area contributed by atoms with Gasteiger partial charge in [0.2, 0.25) is 0 Å². The van der Waals surface area contributed by atoms with E-state index in [1.807, 2.05) is 48.5 Å². The van der Waals surface area contributed by atoms with Gasteiger partial charge in [0.15, 0.2) is 0 Å². The van der Waals surface area contributed by atoms with Crippen molar-refractivity contribution < 1.29 is 18.9 Å². The van der Waals surface area contributed by atoms with Crippen LogP contribution in [0.15, 0.2) is 58.5 Å². The number of carbonyl (C=O) groups excluding carboxylic acids is 2. The van der Waals surface area contributed by atoms with Crippen molar-refractivity contribution >= 4 is 33.5 Å². The van der Waals surface area contributed by atoms with Gasteiger partial charge in [0.25, 0.3) is 5.78 Å². The van der Waals surface area contributed by atoms with E-state index in [2.05, 4.69) is 27.1 Å². The smallest absolute Gasteiger partial charge is 0.320 e. The maximum Gasteiger partial charge on any atom is 0.320 e. The average molecular weight is 491 g/mol. The zero-order valence-electron chi connectivity index (χ0n) is 19.1. The number of hydrogen-bond acceptors (Lipinski definition) is 7. The topological polar surface area (TPSA) is 132 Å². The van der Waals surface area contributed by atoms with E-state index in [9.17, 15) is 18.9 Å². The standard InChI is InChI=1S/C26H26N4O4S/c27-35(34)12-11-23(16-35)28-14-20-5-3-18(4-6-20)1-2-19-7-9-21(10-8-19)22(15-31)13-24-25(32)26(33)30-17-29-24/h3-10,17,22-23,27-28,31H,11-16H2. The third-order valence-corrected chi connectivity index (χ3v) is 7.89. The fourth-order valence-electron chi connectivity index (χ4n) is 3.99. The second-order valence-corrected chi connectivity index (χ2v) is 11.0. The number of Topliss-reactive ketones (excluding diaryl/α,β-unsaturated/α-hetero) is 1. The Kier molecular flexibility index (Phi) is 7.66. The molecule has 1 saturated heterocycles. The van der Waals surface area contributed by atoms with Gasteiger partial charge in [0.05, 0.1) is 12.3 Å². The van der Waals surface area contributed by atoms with Gasteiger partial charge in [-0.2, -0.15) is 4.99 Å². The monoisotopic (exact) mass is 490 g/mol. The molecular formula is C26H26N4O4S. The molecular weight excluding hydrogens is 464 g/mol. The Morgan fingerprint density at radius 2 is 1.74 bits per heavy atom. The normalized spacial score (nSPS) is 22.4. The Morgan fingerprint density at radius 1 is 1.09 bits per heavy atom. The van der Waals surface area contributed by atoms with Crippen molar-refractivity contribution in [3.05, 3.63) is 70.8 Å². The summed E-state index contributed by atoms with van der Waals surface area (Å²) in [5.41, 5.74) is 3.72. The molecule has 0 saturated carbocycles. The molecule has 0 bridgehead atoms.